The largest absolute Gasteiger partial charge is 0.481 e. The summed E-state index contributed by atoms with van der Waals surface area (Å²) in [6.45, 7) is 5.73. The number of nitrogens with one attached hydrogen (secondary N) is 1. The minimum Gasteiger partial charge on any atom is -0.481 e. The molecule has 1 fully saturated rings. The van der Waals surface area contributed by atoms with Crippen molar-refractivity contribution in [2.45, 2.75) is 33.2 Å². The molecule has 114 valence electrons. The summed E-state index contributed by atoms with van der Waals surface area (Å²) in [5, 5.41) is 12.0. The van der Waals surface area contributed by atoms with Gasteiger partial charge in [-0.2, -0.15) is 0 Å². The zero-order chi connectivity index (χ0) is 15.5. The maximum absolute atomic E-state index is 11.2. The monoisotopic (exact) mass is 290 g/mol. The van der Waals surface area contributed by atoms with Crippen molar-refractivity contribution < 1.29 is 14.7 Å². The first kappa shape index (κ1) is 15.5. The van der Waals surface area contributed by atoms with Crippen molar-refractivity contribution in [1.29, 1.82) is 0 Å². The smallest absolute Gasteiger partial charge is 0.309 e. The number of nitrogens with zero attached hydrogens (tertiary/aromatic N) is 1. The lowest BCUT2D eigenvalue weighted by Crippen LogP contribution is -2.42. The number of hydrogen-bond acceptors (Lipinski definition) is 3. The molecule has 0 atom stereocenters. The summed E-state index contributed by atoms with van der Waals surface area (Å²) in [7, 11) is 0. The molecular weight excluding hydrogens is 268 g/mol. The Labute approximate surface area is 125 Å². The van der Waals surface area contributed by atoms with E-state index in [4.69, 9.17) is 0 Å². The van der Waals surface area contributed by atoms with Crippen LogP contribution in [0.1, 0.15) is 32.3 Å². The molecule has 1 aliphatic heterocycles. The maximum atomic E-state index is 11.2. The maximum Gasteiger partial charge on any atom is 0.309 e. The zero-order valence-electron chi connectivity index (χ0n) is 12.6. The minimum absolute atomic E-state index is 0.0771. The molecule has 0 bridgehead atoms. The molecule has 1 heterocycles. The van der Waals surface area contributed by atoms with Crippen LogP contribution in [0.3, 0.4) is 0 Å². The summed E-state index contributed by atoms with van der Waals surface area (Å²) < 4.78 is 0. The van der Waals surface area contributed by atoms with Crippen LogP contribution in [0, 0.1) is 5.41 Å². The number of benzene rings is 1. The molecule has 0 aliphatic carbocycles. The van der Waals surface area contributed by atoms with Gasteiger partial charge in [0.2, 0.25) is 5.91 Å². The Kier molecular flexibility index (Phi) is 4.63. The van der Waals surface area contributed by atoms with Crippen LogP contribution in [0.5, 0.6) is 0 Å². The summed E-state index contributed by atoms with van der Waals surface area (Å²) in [5.41, 5.74) is 1.39. The second-order valence-electron chi connectivity index (χ2n) is 6.02. The Hall–Kier alpha value is -1.88. The van der Waals surface area contributed by atoms with Crippen molar-refractivity contribution in [3.63, 3.8) is 0 Å². The van der Waals surface area contributed by atoms with Gasteiger partial charge in [0.25, 0.3) is 0 Å². The first-order chi connectivity index (χ1) is 9.89. The van der Waals surface area contributed by atoms with Crippen LogP contribution in [0.15, 0.2) is 24.3 Å². The molecule has 0 spiro atoms. The fourth-order valence-corrected chi connectivity index (χ4v) is 2.57. The van der Waals surface area contributed by atoms with Crippen LogP contribution in [-0.2, 0) is 16.1 Å². The van der Waals surface area contributed by atoms with Gasteiger partial charge in [0.15, 0.2) is 0 Å². The summed E-state index contributed by atoms with van der Waals surface area (Å²) in [6, 6.07) is 7.77. The van der Waals surface area contributed by atoms with Crippen LogP contribution in [-0.4, -0.2) is 35.0 Å². The molecule has 2 rings (SSSR count). The fourth-order valence-electron chi connectivity index (χ4n) is 2.57. The number of carbonyl (C=O) groups excluding carboxylic acids is 1. The Balaban J connectivity index is 1.89. The fraction of sp³-hybridized carbons (Fsp3) is 0.500. The number of rotatable bonds is 4. The highest BCUT2D eigenvalue weighted by Gasteiger charge is 2.36. The third-order valence-electron chi connectivity index (χ3n) is 4.16. The zero-order valence-corrected chi connectivity index (χ0v) is 12.6. The number of hydrogen-bond donors (Lipinski definition) is 2. The predicted molar refractivity (Wildman–Crippen MR) is 81.0 cm³/mol. The summed E-state index contributed by atoms with van der Waals surface area (Å²) in [5.74, 6) is -0.770. The lowest BCUT2D eigenvalue weighted by Gasteiger charge is -2.36. The Bertz CT molecular complexity index is 517. The number of carbonyl (C=O) groups is 2. The molecule has 5 heteroatoms. The van der Waals surface area contributed by atoms with Crippen LogP contribution in [0.4, 0.5) is 5.69 Å². The molecule has 1 amide bonds. The van der Waals surface area contributed by atoms with E-state index in [-0.39, 0.29) is 5.91 Å². The Morgan fingerprint density at radius 1 is 1.24 bits per heavy atom. The molecule has 0 aromatic heterocycles. The number of likely N-dealkylation sites (tertiary alicyclic amines) is 1. The van der Waals surface area contributed by atoms with Gasteiger partial charge in [0.05, 0.1) is 5.41 Å². The second-order valence-corrected chi connectivity index (χ2v) is 6.02. The van der Waals surface area contributed by atoms with Gasteiger partial charge in [-0.25, -0.2) is 0 Å². The van der Waals surface area contributed by atoms with Crippen LogP contribution >= 0.6 is 0 Å². The van der Waals surface area contributed by atoms with E-state index < -0.39 is 11.4 Å². The average molecular weight is 290 g/mol. The van der Waals surface area contributed by atoms with Gasteiger partial charge >= 0.3 is 5.97 Å². The van der Waals surface area contributed by atoms with E-state index in [9.17, 15) is 14.7 Å². The van der Waals surface area contributed by atoms with Crippen molar-refractivity contribution in [3.8, 4) is 0 Å². The van der Waals surface area contributed by atoms with Gasteiger partial charge in [-0.1, -0.05) is 12.1 Å². The van der Waals surface area contributed by atoms with Gasteiger partial charge < -0.3 is 10.4 Å². The van der Waals surface area contributed by atoms with E-state index in [0.717, 1.165) is 25.3 Å². The molecule has 21 heavy (non-hydrogen) atoms. The van der Waals surface area contributed by atoms with Crippen molar-refractivity contribution in [2.75, 3.05) is 18.4 Å². The number of piperidine rings is 1. The van der Waals surface area contributed by atoms with E-state index in [1.165, 1.54) is 12.5 Å². The molecule has 1 aromatic carbocycles. The van der Waals surface area contributed by atoms with Crippen molar-refractivity contribution in [1.82, 2.24) is 4.90 Å². The minimum atomic E-state index is -0.693. The van der Waals surface area contributed by atoms with E-state index in [1.807, 2.05) is 31.2 Å². The molecule has 0 unspecified atom stereocenters. The Morgan fingerprint density at radius 2 is 1.81 bits per heavy atom. The summed E-state index contributed by atoms with van der Waals surface area (Å²) in [4.78, 5) is 24.5. The van der Waals surface area contributed by atoms with Gasteiger partial charge in [-0.05, 0) is 50.6 Å². The average Bonchev–Trinajstić information content (AvgIpc) is 2.43. The summed E-state index contributed by atoms with van der Waals surface area (Å²) in [6.07, 6.45) is 1.37. The highest BCUT2D eigenvalue weighted by atomic mass is 16.4. The third kappa shape index (κ3) is 4.04. The van der Waals surface area contributed by atoms with Crippen LogP contribution in [0.2, 0.25) is 0 Å². The molecule has 1 saturated heterocycles. The quantitative estimate of drug-likeness (QED) is 0.893. The van der Waals surface area contributed by atoms with Crippen molar-refractivity contribution >= 4 is 17.6 Å². The molecule has 0 radical (unpaired) electrons. The molecule has 1 aromatic rings. The second kappa shape index (κ2) is 6.26. The molecule has 0 saturated carbocycles. The van der Waals surface area contributed by atoms with Crippen LogP contribution < -0.4 is 5.32 Å². The van der Waals surface area contributed by atoms with Gasteiger partial charge in [0.1, 0.15) is 0 Å². The molecule has 1 aliphatic rings. The number of amides is 1. The molecule has 2 N–H and O–H groups in total. The van der Waals surface area contributed by atoms with E-state index in [1.54, 1.807) is 0 Å². The van der Waals surface area contributed by atoms with Crippen LogP contribution in [0.25, 0.3) is 0 Å². The molecular formula is C16H22N2O3. The SMILES string of the molecule is CC(=O)Nc1ccc(CN2CCC(C)(C(=O)O)CC2)cc1. The number of carboxylic acids is 1. The van der Waals surface area contributed by atoms with Gasteiger partial charge in [0, 0.05) is 19.2 Å². The van der Waals surface area contributed by atoms with Crippen molar-refractivity contribution in [3.05, 3.63) is 29.8 Å². The third-order valence-corrected chi connectivity index (χ3v) is 4.16. The van der Waals surface area contributed by atoms with Gasteiger partial charge in [-0.3, -0.25) is 14.5 Å². The van der Waals surface area contributed by atoms with E-state index >= 15 is 0 Å². The van der Waals surface area contributed by atoms with Gasteiger partial charge in [-0.15, -0.1) is 0 Å². The highest BCUT2D eigenvalue weighted by Crippen LogP contribution is 2.31. The standard InChI is InChI=1S/C16H22N2O3/c1-12(19)17-14-5-3-13(4-6-14)11-18-9-7-16(2,8-10-18)15(20)21/h3-6H,7-11H2,1-2H3,(H,17,19)(H,20,21). The van der Waals surface area contributed by atoms with Crippen molar-refractivity contribution in [2.24, 2.45) is 5.41 Å². The first-order valence-corrected chi connectivity index (χ1v) is 7.21. The number of carboxylic acid groups (broad SMARTS) is 1. The lowest BCUT2D eigenvalue weighted by molar-refractivity contribution is -0.150. The highest BCUT2D eigenvalue weighted by molar-refractivity contribution is 5.88. The predicted octanol–water partition coefficient (Wildman–Crippen LogP) is 2.33. The normalized spacial score (nSPS) is 18.2. The van der Waals surface area contributed by atoms with E-state index in [2.05, 4.69) is 10.2 Å². The lowest BCUT2D eigenvalue weighted by atomic mass is 9.80. The topological polar surface area (TPSA) is 69.6 Å². The number of anilines is 1. The van der Waals surface area contributed by atoms with E-state index in [0.29, 0.717) is 12.8 Å². The molecule has 5 nitrogen and oxygen atoms in total. The Morgan fingerprint density at radius 3 is 2.29 bits per heavy atom. The summed E-state index contributed by atoms with van der Waals surface area (Å²) >= 11 is 0. The first-order valence-electron chi connectivity index (χ1n) is 7.21. The number of aliphatic carboxylic acids is 1.